The van der Waals surface area contributed by atoms with Crippen LogP contribution < -0.4 is 4.72 Å². The second-order valence-corrected chi connectivity index (χ2v) is 9.43. The number of halogens is 2. The predicted molar refractivity (Wildman–Crippen MR) is 111 cm³/mol. The van der Waals surface area contributed by atoms with Crippen molar-refractivity contribution in [1.82, 2.24) is 9.62 Å². The Balaban J connectivity index is 1.47. The number of benzene rings is 2. The summed E-state index contributed by atoms with van der Waals surface area (Å²) in [7, 11) is -3.71. The molecule has 2 N–H and O–H groups in total. The molecule has 0 unspecified atom stereocenters. The third-order valence-corrected chi connectivity index (χ3v) is 7.34. The molecule has 29 heavy (non-hydrogen) atoms. The van der Waals surface area contributed by atoms with Crippen molar-refractivity contribution in [2.45, 2.75) is 30.7 Å². The molecule has 156 valence electrons. The van der Waals surface area contributed by atoms with E-state index in [0.717, 1.165) is 31.5 Å². The van der Waals surface area contributed by atoms with Crippen LogP contribution in [0.2, 0.25) is 10.0 Å². The topological polar surface area (TPSA) is 89.7 Å². The number of sulfonamides is 1. The summed E-state index contributed by atoms with van der Waals surface area (Å²) in [5.74, 6) is 0. The molecule has 7 nitrogen and oxygen atoms in total. The minimum atomic E-state index is -3.71. The van der Waals surface area contributed by atoms with Crippen LogP contribution in [0.25, 0.3) is 0 Å². The molecule has 1 heterocycles. The molecule has 2 aromatic rings. The van der Waals surface area contributed by atoms with Gasteiger partial charge in [0.1, 0.15) is 4.90 Å². The second-order valence-electron chi connectivity index (χ2n) is 6.91. The molecule has 0 saturated heterocycles. The van der Waals surface area contributed by atoms with Crippen molar-refractivity contribution in [3.63, 3.8) is 0 Å². The van der Waals surface area contributed by atoms with E-state index in [4.69, 9.17) is 28.4 Å². The number of fused-ring (bicyclic) bond motifs is 1. The molecule has 3 rings (SSSR count). The van der Waals surface area contributed by atoms with Gasteiger partial charge in [-0.05, 0) is 49.1 Å². The molecular formula is C19H22Cl2N3O4S+. The molecule has 0 spiro atoms. The molecule has 0 aromatic heterocycles. The van der Waals surface area contributed by atoms with Gasteiger partial charge >= 0.3 is 5.69 Å². The van der Waals surface area contributed by atoms with E-state index in [1.807, 2.05) is 6.07 Å². The fourth-order valence-electron chi connectivity index (χ4n) is 3.35. The molecule has 2 aromatic carbocycles. The standard InChI is InChI=1S/C19H22Cl2N3O4S/c20-17-4-3-5-18(19(17)21)29(27,28)22-9-1-2-10-23-11-8-14-6-7-16(24(25)26)12-15(14)13-23/h3-7,12,22H,1-2,8-11,13H2,(H,25,26)/q+1. The summed E-state index contributed by atoms with van der Waals surface area (Å²) in [5.41, 5.74) is 2.43. The molecule has 0 fully saturated rings. The zero-order chi connectivity index (χ0) is 21.0. The number of hydrogen-bond acceptors (Lipinski definition) is 4. The fourth-order valence-corrected chi connectivity index (χ4v) is 5.18. The summed E-state index contributed by atoms with van der Waals surface area (Å²) in [4.78, 5) is 13.2. The first-order valence-electron chi connectivity index (χ1n) is 9.22. The Morgan fingerprint density at radius 1 is 1.14 bits per heavy atom. The van der Waals surface area contributed by atoms with Gasteiger partial charge in [-0.2, -0.15) is 0 Å². The van der Waals surface area contributed by atoms with E-state index in [1.165, 1.54) is 17.7 Å². The fraction of sp³-hybridized carbons (Fsp3) is 0.368. The molecule has 0 radical (unpaired) electrons. The molecule has 0 atom stereocenters. The maximum absolute atomic E-state index is 12.4. The molecule has 0 amide bonds. The van der Waals surface area contributed by atoms with Crippen LogP contribution in [0.4, 0.5) is 5.69 Å². The van der Waals surface area contributed by atoms with E-state index >= 15 is 0 Å². The molecule has 0 aliphatic carbocycles. The number of nitrogens with one attached hydrogen (secondary N) is 1. The lowest BCUT2D eigenvalue weighted by atomic mass is 9.99. The van der Waals surface area contributed by atoms with Gasteiger partial charge in [-0.3, -0.25) is 4.90 Å². The summed E-state index contributed by atoms with van der Waals surface area (Å²) < 4.78 is 27.3. The van der Waals surface area contributed by atoms with Gasteiger partial charge in [0, 0.05) is 31.8 Å². The van der Waals surface area contributed by atoms with E-state index in [0.29, 0.717) is 19.5 Å². The minimum absolute atomic E-state index is 0.0209. The number of nitrogens with zero attached hydrogens (tertiary/aromatic N) is 2. The van der Waals surface area contributed by atoms with Crippen LogP contribution in [0.5, 0.6) is 0 Å². The number of unbranched alkanes of at least 4 members (excludes halogenated alkanes) is 1. The molecule has 0 bridgehead atoms. The lowest BCUT2D eigenvalue weighted by molar-refractivity contribution is -0.729. The van der Waals surface area contributed by atoms with Crippen molar-refractivity contribution in [2.24, 2.45) is 0 Å². The van der Waals surface area contributed by atoms with Crippen molar-refractivity contribution in [2.75, 3.05) is 19.6 Å². The Hall–Kier alpha value is -1.71. The molecular weight excluding hydrogens is 437 g/mol. The van der Waals surface area contributed by atoms with Gasteiger partial charge in [0.15, 0.2) is 0 Å². The number of rotatable bonds is 8. The normalized spacial score (nSPS) is 14.6. The molecule has 0 saturated carbocycles. The average Bonchev–Trinajstić information content (AvgIpc) is 2.69. The van der Waals surface area contributed by atoms with Gasteiger partial charge in [0.05, 0.1) is 15.0 Å². The van der Waals surface area contributed by atoms with Crippen LogP contribution in [-0.4, -0.2) is 43.1 Å². The SMILES string of the molecule is O=[N+](O)c1ccc2c(c1)CN(CCCCNS(=O)(=O)c1cccc(Cl)c1Cl)CC2. The summed E-state index contributed by atoms with van der Waals surface area (Å²) >= 11 is 11.9. The van der Waals surface area contributed by atoms with Crippen LogP contribution in [0, 0.1) is 4.91 Å². The molecule has 1 aliphatic heterocycles. The van der Waals surface area contributed by atoms with Crippen LogP contribution in [0.15, 0.2) is 41.3 Å². The van der Waals surface area contributed by atoms with E-state index < -0.39 is 10.0 Å². The predicted octanol–water partition coefficient (Wildman–Crippen LogP) is 3.91. The minimum Gasteiger partial charge on any atom is -0.299 e. The van der Waals surface area contributed by atoms with Gasteiger partial charge in [0.2, 0.25) is 10.0 Å². The first-order chi connectivity index (χ1) is 13.8. The average molecular weight is 459 g/mol. The van der Waals surface area contributed by atoms with Gasteiger partial charge < -0.3 is 0 Å². The lowest BCUT2D eigenvalue weighted by Crippen LogP contribution is -2.32. The molecule has 1 aliphatic rings. The summed E-state index contributed by atoms with van der Waals surface area (Å²) in [6.07, 6.45) is 2.36. The zero-order valence-electron chi connectivity index (χ0n) is 15.6. The van der Waals surface area contributed by atoms with Gasteiger partial charge in [0.25, 0.3) is 4.92 Å². The maximum atomic E-state index is 12.4. The second kappa shape index (κ2) is 9.40. The van der Waals surface area contributed by atoms with Gasteiger partial charge in [-0.1, -0.05) is 35.3 Å². The van der Waals surface area contributed by atoms with Crippen LogP contribution >= 0.6 is 23.2 Å². The van der Waals surface area contributed by atoms with Crippen LogP contribution in [0.1, 0.15) is 24.0 Å². The quantitative estimate of drug-likeness (QED) is 0.462. The van der Waals surface area contributed by atoms with Gasteiger partial charge in [-0.15, -0.1) is 0 Å². The highest BCUT2D eigenvalue weighted by Gasteiger charge is 2.21. The molecule has 10 heteroatoms. The van der Waals surface area contributed by atoms with Crippen molar-refractivity contribution in [1.29, 1.82) is 0 Å². The maximum Gasteiger partial charge on any atom is 0.316 e. The van der Waals surface area contributed by atoms with E-state index in [9.17, 15) is 13.3 Å². The Kier molecular flexibility index (Phi) is 7.13. The highest BCUT2D eigenvalue weighted by atomic mass is 35.5. The Morgan fingerprint density at radius 2 is 1.93 bits per heavy atom. The highest BCUT2D eigenvalue weighted by Crippen LogP contribution is 2.28. The van der Waals surface area contributed by atoms with Crippen molar-refractivity contribution < 1.29 is 18.5 Å². The Labute approximate surface area is 179 Å². The summed E-state index contributed by atoms with van der Waals surface area (Å²) in [6.45, 7) is 2.70. The third-order valence-electron chi connectivity index (χ3n) is 4.90. The lowest BCUT2D eigenvalue weighted by Gasteiger charge is -2.28. The van der Waals surface area contributed by atoms with E-state index in [-0.39, 0.29) is 25.6 Å². The van der Waals surface area contributed by atoms with Crippen LogP contribution in [-0.2, 0) is 23.0 Å². The highest BCUT2D eigenvalue weighted by molar-refractivity contribution is 7.89. The number of hydrogen-bond donors (Lipinski definition) is 2. The largest absolute Gasteiger partial charge is 0.316 e. The van der Waals surface area contributed by atoms with E-state index in [2.05, 4.69) is 9.62 Å². The smallest absolute Gasteiger partial charge is 0.299 e. The monoisotopic (exact) mass is 458 g/mol. The Morgan fingerprint density at radius 3 is 2.69 bits per heavy atom. The summed E-state index contributed by atoms with van der Waals surface area (Å²) in [5, 5.41) is 9.28. The Bertz CT molecular complexity index is 1010. The first-order valence-corrected chi connectivity index (χ1v) is 11.5. The zero-order valence-corrected chi connectivity index (χ0v) is 18.0. The van der Waals surface area contributed by atoms with Crippen LogP contribution in [0.3, 0.4) is 0 Å². The van der Waals surface area contributed by atoms with E-state index in [1.54, 1.807) is 18.2 Å². The first kappa shape index (κ1) is 22.0. The van der Waals surface area contributed by atoms with Crippen molar-refractivity contribution in [3.8, 4) is 0 Å². The van der Waals surface area contributed by atoms with Crippen molar-refractivity contribution >= 4 is 38.9 Å². The van der Waals surface area contributed by atoms with Crippen molar-refractivity contribution in [3.05, 3.63) is 62.5 Å². The summed E-state index contributed by atoms with van der Waals surface area (Å²) in [6, 6.07) is 9.70. The van der Waals surface area contributed by atoms with Gasteiger partial charge in [-0.25, -0.2) is 18.3 Å². The third kappa shape index (κ3) is 5.46.